The third-order valence-corrected chi connectivity index (χ3v) is 5.36. The van der Waals surface area contributed by atoms with E-state index in [1.165, 1.54) is 30.3 Å². The van der Waals surface area contributed by atoms with Gasteiger partial charge < -0.3 is 4.57 Å². The molecule has 1 aliphatic carbocycles. The molecule has 114 valence electrons. The average Bonchev–Trinajstić information content (AvgIpc) is 2.80. The first kappa shape index (κ1) is 14.9. The molecule has 2 aromatic rings. The number of rotatable bonds is 3. The molecule has 0 amide bonds. The van der Waals surface area contributed by atoms with Crippen molar-refractivity contribution < 1.29 is 0 Å². The average molecular weight is 305 g/mol. The number of hydrogen-bond donors (Lipinski definition) is 0. The van der Waals surface area contributed by atoms with Gasteiger partial charge in [0, 0.05) is 18.3 Å². The number of aromatic nitrogens is 2. The van der Waals surface area contributed by atoms with Crippen LogP contribution in [0, 0.1) is 18.8 Å². The van der Waals surface area contributed by atoms with Gasteiger partial charge in [0.2, 0.25) is 0 Å². The minimum absolute atomic E-state index is 0.584. The highest BCUT2D eigenvalue weighted by Gasteiger charge is 2.28. The highest BCUT2D eigenvalue weighted by Crippen LogP contribution is 2.38. The van der Waals surface area contributed by atoms with E-state index in [9.17, 15) is 0 Å². The second kappa shape index (κ2) is 6.00. The third-order valence-electron chi connectivity index (χ3n) is 5.17. The fourth-order valence-electron chi connectivity index (χ4n) is 3.67. The Morgan fingerprint density at radius 1 is 1.24 bits per heavy atom. The zero-order valence-electron chi connectivity index (χ0n) is 13.3. The first-order chi connectivity index (χ1) is 10.1. The zero-order valence-corrected chi connectivity index (χ0v) is 14.0. The van der Waals surface area contributed by atoms with E-state index in [1.807, 2.05) is 0 Å². The smallest absolute Gasteiger partial charge is 0.111 e. The van der Waals surface area contributed by atoms with Crippen molar-refractivity contribution in [2.24, 2.45) is 11.8 Å². The van der Waals surface area contributed by atoms with Crippen LogP contribution in [0.2, 0.25) is 0 Å². The summed E-state index contributed by atoms with van der Waals surface area (Å²) < 4.78 is 2.49. The van der Waals surface area contributed by atoms with E-state index < -0.39 is 0 Å². The molecule has 0 spiro atoms. The van der Waals surface area contributed by atoms with Gasteiger partial charge in [0.05, 0.1) is 11.0 Å². The predicted molar refractivity (Wildman–Crippen MR) is 90.1 cm³/mol. The normalized spacial score (nSPS) is 26.4. The first-order valence-electron chi connectivity index (χ1n) is 8.13. The maximum absolute atomic E-state index is 6.00. The molecule has 0 aliphatic heterocycles. The molecule has 3 atom stereocenters. The molecule has 3 unspecified atom stereocenters. The van der Waals surface area contributed by atoms with Crippen LogP contribution in [0.25, 0.3) is 11.0 Å². The van der Waals surface area contributed by atoms with Crippen LogP contribution in [-0.2, 0) is 6.42 Å². The van der Waals surface area contributed by atoms with Crippen LogP contribution in [0.3, 0.4) is 0 Å². The van der Waals surface area contributed by atoms with Crippen molar-refractivity contribution in [3.05, 3.63) is 29.6 Å². The predicted octanol–water partition coefficient (Wildman–Crippen LogP) is 5.12. The summed E-state index contributed by atoms with van der Waals surface area (Å²) in [6.07, 6.45) is 4.70. The molecule has 0 bridgehead atoms. The molecule has 3 heteroatoms. The summed E-state index contributed by atoms with van der Waals surface area (Å²) in [5, 5.41) is 0. The quantitative estimate of drug-likeness (QED) is 0.719. The number of nitrogens with zero attached hydrogens (tertiary/aromatic N) is 2. The largest absolute Gasteiger partial charge is 0.325 e. The van der Waals surface area contributed by atoms with Crippen molar-refractivity contribution in [1.82, 2.24) is 9.55 Å². The van der Waals surface area contributed by atoms with Crippen LogP contribution in [0.1, 0.15) is 50.5 Å². The number of imidazole rings is 1. The molecule has 1 aromatic carbocycles. The number of halogens is 1. The molecular formula is C18H25ClN2. The Morgan fingerprint density at radius 2 is 2.05 bits per heavy atom. The topological polar surface area (TPSA) is 17.8 Å². The van der Waals surface area contributed by atoms with Crippen molar-refractivity contribution >= 4 is 22.6 Å². The third kappa shape index (κ3) is 2.83. The lowest BCUT2D eigenvalue weighted by atomic mass is 9.79. The molecule has 0 saturated heterocycles. The van der Waals surface area contributed by atoms with Crippen LogP contribution in [0.15, 0.2) is 18.2 Å². The van der Waals surface area contributed by atoms with E-state index >= 15 is 0 Å². The summed E-state index contributed by atoms with van der Waals surface area (Å²) >= 11 is 6.00. The molecule has 0 N–H and O–H groups in total. The Morgan fingerprint density at radius 3 is 2.76 bits per heavy atom. The second-order valence-corrected chi connectivity index (χ2v) is 7.13. The maximum Gasteiger partial charge on any atom is 0.111 e. The van der Waals surface area contributed by atoms with Crippen molar-refractivity contribution in [2.45, 2.75) is 52.5 Å². The summed E-state index contributed by atoms with van der Waals surface area (Å²) in [4.78, 5) is 4.84. The Hall–Kier alpha value is -1.02. The molecule has 1 heterocycles. The standard InChI is InChI=1S/C18H25ClN2/c1-12-4-7-16-17(10-12)21(18(20-16)8-9-19)15-6-5-13(2)14(3)11-15/h4,7,10,13-15H,5-6,8-9,11H2,1-3H3. The lowest BCUT2D eigenvalue weighted by Gasteiger charge is -2.34. The lowest BCUT2D eigenvalue weighted by molar-refractivity contribution is 0.211. The number of aryl methyl sites for hydroxylation is 2. The van der Waals surface area contributed by atoms with E-state index in [0.29, 0.717) is 11.9 Å². The molecule has 1 aliphatic rings. The van der Waals surface area contributed by atoms with Gasteiger partial charge in [-0.05, 0) is 55.7 Å². The number of alkyl halides is 1. The van der Waals surface area contributed by atoms with Crippen LogP contribution in [0.5, 0.6) is 0 Å². The fourth-order valence-corrected chi connectivity index (χ4v) is 3.84. The van der Waals surface area contributed by atoms with Gasteiger partial charge in [-0.2, -0.15) is 0 Å². The zero-order chi connectivity index (χ0) is 15.0. The van der Waals surface area contributed by atoms with Gasteiger partial charge >= 0.3 is 0 Å². The van der Waals surface area contributed by atoms with E-state index in [-0.39, 0.29) is 0 Å². The number of benzene rings is 1. The molecule has 1 fully saturated rings. The first-order valence-corrected chi connectivity index (χ1v) is 8.67. The molecule has 1 aromatic heterocycles. The van der Waals surface area contributed by atoms with Crippen molar-refractivity contribution in [2.75, 3.05) is 5.88 Å². The van der Waals surface area contributed by atoms with Gasteiger partial charge in [-0.1, -0.05) is 19.9 Å². The maximum atomic E-state index is 6.00. The van der Waals surface area contributed by atoms with Crippen LogP contribution < -0.4 is 0 Å². The minimum atomic E-state index is 0.584. The van der Waals surface area contributed by atoms with Gasteiger partial charge in [-0.15, -0.1) is 11.6 Å². The van der Waals surface area contributed by atoms with E-state index in [1.54, 1.807) is 0 Å². The van der Waals surface area contributed by atoms with Crippen molar-refractivity contribution in [3.63, 3.8) is 0 Å². The number of hydrogen-bond acceptors (Lipinski definition) is 1. The monoisotopic (exact) mass is 304 g/mol. The Kier molecular flexibility index (Phi) is 4.26. The van der Waals surface area contributed by atoms with Gasteiger partial charge in [0.25, 0.3) is 0 Å². The van der Waals surface area contributed by atoms with Crippen LogP contribution in [0.4, 0.5) is 0 Å². The molecule has 21 heavy (non-hydrogen) atoms. The lowest BCUT2D eigenvalue weighted by Crippen LogP contribution is -2.24. The summed E-state index contributed by atoms with van der Waals surface area (Å²) in [6.45, 7) is 6.93. The molecule has 0 radical (unpaired) electrons. The van der Waals surface area contributed by atoms with E-state index in [2.05, 4.69) is 43.5 Å². The second-order valence-electron chi connectivity index (χ2n) is 6.75. The summed E-state index contributed by atoms with van der Waals surface area (Å²) in [7, 11) is 0. The highest BCUT2D eigenvalue weighted by molar-refractivity contribution is 6.17. The van der Waals surface area contributed by atoms with Crippen molar-refractivity contribution in [3.8, 4) is 0 Å². The van der Waals surface area contributed by atoms with Gasteiger partial charge in [0.1, 0.15) is 5.82 Å². The molecule has 2 nitrogen and oxygen atoms in total. The van der Waals surface area contributed by atoms with Crippen LogP contribution >= 0.6 is 11.6 Å². The molecule has 1 saturated carbocycles. The summed E-state index contributed by atoms with van der Waals surface area (Å²) in [5.41, 5.74) is 3.71. The van der Waals surface area contributed by atoms with Gasteiger partial charge in [-0.25, -0.2) is 4.98 Å². The Labute approximate surface area is 132 Å². The Bertz CT molecular complexity index is 631. The fraction of sp³-hybridized carbons (Fsp3) is 0.611. The number of fused-ring (bicyclic) bond motifs is 1. The van der Waals surface area contributed by atoms with Crippen molar-refractivity contribution in [1.29, 1.82) is 0 Å². The summed E-state index contributed by atoms with van der Waals surface area (Å²) in [6, 6.07) is 7.16. The highest BCUT2D eigenvalue weighted by atomic mass is 35.5. The molecule has 3 rings (SSSR count). The molecular weight excluding hydrogens is 280 g/mol. The summed E-state index contributed by atoms with van der Waals surface area (Å²) in [5.74, 6) is 3.43. The van der Waals surface area contributed by atoms with E-state index in [4.69, 9.17) is 16.6 Å². The Balaban J connectivity index is 2.06. The van der Waals surface area contributed by atoms with Crippen LogP contribution in [-0.4, -0.2) is 15.4 Å². The van der Waals surface area contributed by atoms with Gasteiger partial charge in [-0.3, -0.25) is 0 Å². The SMILES string of the molecule is Cc1ccc2nc(CCCl)n(C3CCC(C)C(C)C3)c2c1. The van der Waals surface area contributed by atoms with Gasteiger partial charge in [0.15, 0.2) is 0 Å². The minimum Gasteiger partial charge on any atom is -0.325 e. The van der Waals surface area contributed by atoms with E-state index in [0.717, 1.165) is 29.6 Å².